The first-order valence-electron chi connectivity index (χ1n) is 7.61. The van der Waals surface area contributed by atoms with Gasteiger partial charge >= 0.3 is 0 Å². The lowest BCUT2D eigenvalue weighted by Crippen LogP contribution is -2.49. The molecule has 0 aromatic rings. The maximum absolute atomic E-state index is 9.65. The van der Waals surface area contributed by atoms with Crippen molar-refractivity contribution in [2.24, 2.45) is 5.92 Å². The maximum Gasteiger partial charge on any atom is 0.192 e. The van der Waals surface area contributed by atoms with E-state index in [-0.39, 0.29) is 35.9 Å². The van der Waals surface area contributed by atoms with E-state index >= 15 is 0 Å². The van der Waals surface area contributed by atoms with Gasteiger partial charge in [0.05, 0.1) is 12.2 Å². The molecule has 1 aliphatic heterocycles. The van der Waals surface area contributed by atoms with Crippen molar-refractivity contribution in [3.8, 4) is 0 Å². The molecule has 4 nitrogen and oxygen atoms in total. The lowest BCUT2D eigenvalue weighted by Gasteiger charge is -2.41. The average Bonchev–Trinajstić information content (AvgIpc) is 2.70. The Morgan fingerprint density at radius 3 is 2.35 bits per heavy atom. The summed E-state index contributed by atoms with van der Waals surface area (Å²) in [5, 5.41) is 9.80. The molecule has 0 bridgehead atoms. The van der Waals surface area contributed by atoms with Crippen LogP contribution in [-0.2, 0) is 13.9 Å². The summed E-state index contributed by atoms with van der Waals surface area (Å²) in [6, 6.07) is 0. The fourth-order valence-electron chi connectivity index (χ4n) is 2.88. The van der Waals surface area contributed by atoms with Crippen LogP contribution in [0.5, 0.6) is 0 Å². The predicted octanol–water partition coefficient (Wildman–Crippen LogP) is 2.91. The molecule has 0 aromatic carbocycles. The highest BCUT2D eigenvalue weighted by atomic mass is 28.4. The van der Waals surface area contributed by atoms with Crippen LogP contribution in [0.15, 0.2) is 0 Å². The van der Waals surface area contributed by atoms with Crippen LogP contribution in [0, 0.1) is 5.92 Å². The molecule has 4 atom stereocenters. The maximum atomic E-state index is 9.65. The van der Waals surface area contributed by atoms with E-state index in [0.29, 0.717) is 0 Å². The van der Waals surface area contributed by atoms with Crippen LogP contribution in [0.1, 0.15) is 41.0 Å². The third-order valence-corrected chi connectivity index (χ3v) is 9.49. The van der Waals surface area contributed by atoms with E-state index in [9.17, 15) is 5.11 Å². The summed E-state index contributed by atoms with van der Waals surface area (Å²) in [4.78, 5) is 0. The third kappa shape index (κ3) is 2.97. The van der Waals surface area contributed by atoms with Gasteiger partial charge in [0.25, 0.3) is 0 Å². The summed E-state index contributed by atoms with van der Waals surface area (Å²) < 4.78 is 18.5. The van der Waals surface area contributed by atoms with Crippen molar-refractivity contribution in [3.63, 3.8) is 0 Å². The first kappa shape index (κ1) is 16.4. The molecule has 1 saturated heterocycles. The van der Waals surface area contributed by atoms with Crippen LogP contribution in [0.25, 0.3) is 0 Å². The van der Waals surface area contributed by atoms with Gasteiger partial charge < -0.3 is 19.0 Å². The van der Waals surface area contributed by atoms with Gasteiger partial charge in [-0.05, 0) is 38.4 Å². The van der Waals surface area contributed by atoms with Crippen molar-refractivity contribution in [1.29, 1.82) is 0 Å². The highest BCUT2D eigenvalue weighted by Gasteiger charge is 2.55. The van der Waals surface area contributed by atoms with Gasteiger partial charge in [0.2, 0.25) is 0 Å². The predicted molar refractivity (Wildman–Crippen MR) is 81.1 cm³/mol. The third-order valence-electron chi connectivity index (χ3n) is 5.02. The van der Waals surface area contributed by atoms with Gasteiger partial charge in [0, 0.05) is 12.5 Å². The Morgan fingerprint density at radius 2 is 1.85 bits per heavy atom. The number of ether oxygens (including phenoxy) is 2. The second-order valence-electron chi connectivity index (χ2n) is 8.16. The zero-order valence-corrected chi connectivity index (χ0v) is 14.9. The summed E-state index contributed by atoms with van der Waals surface area (Å²) in [7, 11) is -1.88. The topological polar surface area (TPSA) is 47.9 Å². The van der Waals surface area contributed by atoms with Crippen LogP contribution in [0.2, 0.25) is 18.1 Å². The van der Waals surface area contributed by atoms with Crippen LogP contribution in [0.4, 0.5) is 0 Å². The second kappa shape index (κ2) is 5.06. The molecule has 0 radical (unpaired) electrons. The van der Waals surface area contributed by atoms with Crippen molar-refractivity contribution < 1.29 is 19.0 Å². The molecule has 1 aliphatic carbocycles. The lowest BCUT2D eigenvalue weighted by molar-refractivity contribution is -0.167. The lowest BCUT2D eigenvalue weighted by atomic mass is 10.1. The number of hydrogen-bond acceptors (Lipinski definition) is 4. The molecule has 5 heteroatoms. The van der Waals surface area contributed by atoms with Gasteiger partial charge in [-0.15, -0.1) is 0 Å². The molecule has 2 rings (SSSR count). The Bertz CT molecular complexity index is 361. The Morgan fingerprint density at radius 1 is 1.25 bits per heavy atom. The van der Waals surface area contributed by atoms with E-state index in [4.69, 9.17) is 13.9 Å². The molecule has 2 aliphatic rings. The van der Waals surface area contributed by atoms with E-state index < -0.39 is 14.1 Å². The second-order valence-corrected chi connectivity index (χ2v) is 12.9. The van der Waals surface area contributed by atoms with Crippen molar-refractivity contribution in [2.75, 3.05) is 6.61 Å². The van der Waals surface area contributed by atoms with Crippen molar-refractivity contribution in [3.05, 3.63) is 0 Å². The van der Waals surface area contributed by atoms with Gasteiger partial charge in [-0.25, -0.2) is 0 Å². The van der Waals surface area contributed by atoms with Crippen molar-refractivity contribution in [2.45, 2.75) is 83.3 Å². The van der Waals surface area contributed by atoms with E-state index in [1.807, 2.05) is 13.8 Å². The molecular formula is C15H30O4Si. The SMILES string of the molecule is CC1(C)O[C@@H]2[C@H](O[Si](C)(C)C(C)(C)C)[C@@H](CO)C[C@@H]2O1. The zero-order chi connectivity index (χ0) is 15.3. The van der Waals surface area contributed by atoms with Gasteiger partial charge in [-0.1, -0.05) is 20.8 Å². The Hall–Kier alpha value is 0.0569. The molecule has 0 unspecified atom stereocenters. The summed E-state index contributed by atoms with van der Waals surface area (Å²) in [6.45, 7) is 15.2. The quantitative estimate of drug-likeness (QED) is 0.814. The van der Waals surface area contributed by atoms with Crippen LogP contribution < -0.4 is 0 Å². The molecule has 20 heavy (non-hydrogen) atoms. The van der Waals surface area contributed by atoms with E-state index in [1.165, 1.54) is 0 Å². The number of fused-ring (bicyclic) bond motifs is 1. The minimum atomic E-state index is -1.88. The average molecular weight is 302 g/mol. The van der Waals surface area contributed by atoms with Gasteiger partial charge in [-0.2, -0.15) is 0 Å². The molecule has 118 valence electrons. The van der Waals surface area contributed by atoms with Crippen LogP contribution in [-0.4, -0.2) is 44.1 Å². The number of rotatable bonds is 3. The van der Waals surface area contributed by atoms with E-state index in [0.717, 1.165) is 6.42 Å². The van der Waals surface area contributed by atoms with Gasteiger partial charge in [0.15, 0.2) is 14.1 Å². The fraction of sp³-hybridized carbons (Fsp3) is 1.00. The number of aliphatic hydroxyl groups is 1. The molecule has 1 heterocycles. The van der Waals surface area contributed by atoms with Crippen LogP contribution in [0.3, 0.4) is 0 Å². The Labute approximate surface area is 123 Å². The van der Waals surface area contributed by atoms with Crippen molar-refractivity contribution >= 4 is 8.32 Å². The molecule has 0 amide bonds. The molecule has 1 saturated carbocycles. The molecule has 0 spiro atoms. The summed E-state index contributed by atoms with van der Waals surface area (Å²) >= 11 is 0. The fourth-order valence-corrected chi connectivity index (χ4v) is 4.24. The molecular weight excluding hydrogens is 272 g/mol. The molecule has 2 fully saturated rings. The summed E-state index contributed by atoms with van der Waals surface area (Å²) in [5.41, 5.74) is 0. The summed E-state index contributed by atoms with van der Waals surface area (Å²) in [6.07, 6.45) is 0.782. The monoisotopic (exact) mass is 302 g/mol. The van der Waals surface area contributed by atoms with E-state index in [1.54, 1.807) is 0 Å². The smallest absolute Gasteiger partial charge is 0.192 e. The molecule has 0 aromatic heterocycles. The van der Waals surface area contributed by atoms with Gasteiger partial charge in [0.1, 0.15) is 6.10 Å². The van der Waals surface area contributed by atoms with Crippen LogP contribution >= 0.6 is 0 Å². The largest absolute Gasteiger partial charge is 0.411 e. The first-order valence-corrected chi connectivity index (χ1v) is 10.5. The Balaban J connectivity index is 2.16. The zero-order valence-electron chi connectivity index (χ0n) is 13.9. The van der Waals surface area contributed by atoms with E-state index in [2.05, 4.69) is 33.9 Å². The minimum absolute atomic E-state index is 0.0451. The highest BCUT2D eigenvalue weighted by Crippen LogP contribution is 2.46. The van der Waals surface area contributed by atoms with Crippen molar-refractivity contribution in [1.82, 2.24) is 0 Å². The summed E-state index contributed by atoms with van der Waals surface area (Å²) in [5.74, 6) is -0.416. The number of aliphatic hydroxyl groups excluding tert-OH is 1. The first-order chi connectivity index (χ1) is 8.97. The molecule has 1 N–H and O–H groups in total. The van der Waals surface area contributed by atoms with Gasteiger partial charge in [-0.3, -0.25) is 0 Å². The number of hydrogen-bond donors (Lipinski definition) is 1. The Kier molecular flexibility index (Phi) is 4.15. The minimum Gasteiger partial charge on any atom is -0.411 e. The highest BCUT2D eigenvalue weighted by molar-refractivity contribution is 6.74. The standard InChI is InChI=1S/C15H30O4Si/c1-14(2,3)20(6,7)19-12-10(9-16)8-11-13(12)18-15(4,5)17-11/h10-13,16H,8-9H2,1-7H3/t10-,11+,12-,13+/m1/s1. The normalized spacial score (nSPS) is 37.2.